The molecule has 1 aliphatic rings. The first kappa shape index (κ1) is 38.1. The van der Waals surface area contributed by atoms with Crippen molar-refractivity contribution in [1.82, 2.24) is 19.6 Å². The van der Waals surface area contributed by atoms with E-state index < -0.39 is 5.60 Å². The highest BCUT2D eigenvalue weighted by molar-refractivity contribution is 5.72. The van der Waals surface area contributed by atoms with Gasteiger partial charge in [-0.2, -0.15) is 0 Å². The van der Waals surface area contributed by atoms with Crippen LogP contribution in [-0.2, 0) is 23.8 Å². The smallest absolute Gasteiger partial charge is 0.320 e. The van der Waals surface area contributed by atoms with Crippen LogP contribution < -0.4 is 0 Å². The first-order valence-electron chi connectivity index (χ1n) is 14.5. The maximum absolute atomic E-state index is 12.7. The number of hydrogen-bond acceptors (Lipinski definition) is 9. The van der Waals surface area contributed by atoms with Crippen molar-refractivity contribution in [1.29, 1.82) is 0 Å². The van der Waals surface area contributed by atoms with Gasteiger partial charge < -0.3 is 23.9 Å². The Labute approximate surface area is 245 Å². The zero-order valence-electron chi connectivity index (χ0n) is 27.4. The van der Waals surface area contributed by atoms with Crippen LogP contribution in [0.2, 0.25) is 0 Å². The third-order valence-electron chi connectivity index (χ3n) is 5.85. The zero-order valence-corrected chi connectivity index (χ0v) is 27.4. The molecule has 0 bridgehead atoms. The Morgan fingerprint density at radius 3 is 1.10 bits per heavy atom. The van der Waals surface area contributed by atoms with Crippen LogP contribution in [-0.4, -0.2) is 128 Å². The van der Waals surface area contributed by atoms with Crippen LogP contribution in [0, 0.1) is 0 Å². The summed E-state index contributed by atoms with van der Waals surface area (Å²) in [6, 6.07) is 0. The van der Waals surface area contributed by atoms with Gasteiger partial charge in [-0.1, -0.05) is 20.1 Å². The van der Waals surface area contributed by atoms with Crippen LogP contribution in [0.3, 0.4) is 0 Å². The second-order valence-electron chi connectivity index (χ2n) is 13.4. The molecule has 234 valence electrons. The number of nitrogens with zero attached hydrogens (tertiary/aromatic N) is 4. The molecule has 1 saturated heterocycles. The van der Waals surface area contributed by atoms with Crippen molar-refractivity contribution in [2.24, 2.45) is 0 Å². The SMILES string of the molecule is C=C(CN1CCN(CC)CCN(CC(=O)OC(C)(C)C)CCN(CC(=C)OC(C)(C)C)CC1)OC(C)(C)C.C=O. The summed E-state index contributed by atoms with van der Waals surface area (Å²) in [5.41, 5.74) is -1.04. The molecule has 0 aromatic carbocycles. The molecule has 0 aromatic rings. The van der Waals surface area contributed by atoms with Crippen LogP contribution in [0.1, 0.15) is 69.2 Å². The Morgan fingerprint density at radius 2 is 0.825 bits per heavy atom. The maximum atomic E-state index is 12.7. The van der Waals surface area contributed by atoms with E-state index in [9.17, 15) is 4.79 Å². The van der Waals surface area contributed by atoms with Crippen molar-refractivity contribution in [3.05, 3.63) is 24.7 Å². The van der Waals surface area contributed by atoms with Gasteiger partial charge in [0.2, 0.25) is 0 Å². The molecule has 9 heteroatoms. The van der Waals surface area contributed by atoms with Gasteiger partial charge in [-0.15, -0.1) is 0 Å². The highest BCUT2D eigenvalue weighted by Crippen LogP contribution is 2.16. The summed E-state index contributed by atoms with van der Waals surface area (Å²) in [6.45, 7) is 40.1. The van der Waals surface area contributed by atoms with Crippen LogP contribution in [0.5, 0.6) is 0 Å². The fourth-order valence-corrected chi connectivity index (χ4v) is 4.35. The molecular formula is C31H60N4O5. The lowest BCUT2D eigenvalue weighted by molar-refractivity contribution is -0.156. The largest absolute Gasteiger partial charge is 0.492 e. The molecule has 0 spiro atoms. The molecule has 0 radical (unpaired) electrons. The maximum Gasteiger partial charge on any atom is 0.320 e. The highest BCUT2D eigenvalue weighted by Gasteiger charge is 2.23. The van der Waals surface area contributed by atoms with E-state index in [1.807, 2.05) is 48.3 Å². The molecule has 0 amide bonds. The highest BCUT2D eigenvalue weighted by atomic mass is 16.6. The van der Waals surface area contributed by atoms with Gasteiger partial charge in [0.05, 0.1) is 19.6 Å². The summed E-state index contributed by atoms with van der Waals surface area (Å²) in [5, 5.41) is 0. The zero-order chi connectivity index (χ0) is 31.1. The van der Waals surface area contributed by atoms with Crippen LogP contribution in [0.25, 0.3) is 0 Å². The number of hydrogen-bond donors (Lipinski definition) is 0. The Hall–Kier alpha value is -1.94. The summed E-state index contributed by atoms with van der Waals surface area (Å²) in [5.74, 6) is 1.37. The number of carbonyl (C=O) groups is 2. The van der Waals surface area contributed by atoms with E-state index in [4.69, 9.17) is 19.0 Å². The van der Waals surface area contributed by atoms with Gasteiger partial charge in [-0.05, 0) is 68.9 Å². The minimum Gasteiger partial charge on any atom is -0.492 e. The number of rotatable bonds is 9. The third kappa shape index (κ3) is 20.0. The Kier molecular flexibility index (Phi) is 16.9. The second kappa shape index (κ2) is 17.8. The molecule has 0 unspecified atom stereocenters. The van der Waals surface area contributed by atoms with Crippen molar-refractivity contribution in [3.63, 3.8) is 0 Å². The van der Waals surface area contributed by atoms with E-state index in [0.29, 0.717) is 13.1 Å². The molecule has 0 N–H and O–H groups in total. The van der Waals surface area contributed by atoms with Crippen molar-refractivity contribution in [2.45, 2.75) is 86.0 Å². The molecule has 40 heavy (non-hydrogen) atoms. The van der Waals surface area contributed by atoms with Crippen molar-refractivity contribution in [2.75, 3.05) is 78.5 Å². The number of likely N-dealkylation sites (N-methyl/N-ethyl adjacent to an activating group) is 1. The topological polar surface area (TPSA) is 74.8 Å². The minimum absolute atomic E-state index is 0.178. The average molecular weight is 569 g/mol. The van der Waals surface area contributed by atoms with Gasteiger partial charge in [0.1, 0.15) is 35.1 Å². The minimum atomic E-state index is -0.489. The third-order valence-corrected chi connectivity index (χ3v) is 5.85. The van der Waals surface area contributed by atoms with Crippen LogP contribution >= 0.6 is 0 Å². The van der Waals surface area contributed by atoms with Crippen molar-refractivity contribution in [3.8, 4) is 0 Å². The van der Waals surface area contributed by atoms with E-state index in [0.717, 1.165) is 70.4 Å². The van der Waals surface area contributed by atoms with E-state index in [1.165, 1.54) is 0 Å². The summed E-state index contributed by atoms with van der Waals surface area (Å²) >= 11 is 0. The number of esters is 1. The van der Waals surface area contributed by atoms with Gasteiger partial charge in [-0.25, -0.2) is 0 Å². The molecule has 0 atom stereocenters. The Bertz CT molecular complexity index is 721. The van der Waals surface area contributed by atoms with Crippen molar-refractivity contribution >= 4 is 12.8 Å². The number of carbonyl (C=O) groups excluding carboxylic acids is 2. The first-order valence-corrected chi connectivity index (χ1v) is 14.5. The molecule has 9 nitrogen and oxygen atoms in total. The molecule has 0 saturated carbocycles. The fourth-order valence-electron chi connectivity index (χ4n) is 4.35. The monoisotopic (exact) mass is 568 g/mol. The lowest BCUT2D eigenvalue weighted by atomic mass is 10.2. The lowest BCUT2D eigenvalue weighted by Crippen LogP contribution is -2.48. The average Bonchev–Trinajstić information content (AvgIpc) is 2.76. The molecule has 1 rings (SSSR count). The summed E-state index contributed by atoms with van der Waals surface area (Å²) in [6.07, 6.45) is 0. The van der Waals surface area contributed by atoms with E-state index in [2.05, 4.69) is 60.5 Å². The molecule has 1 aliphatic heterocycles. The fraction of sp³-hybridized carbons (Fsp3) is 0.806. The van der Waals surface area contributed by atoms with E-state index in [1.54, 1.807) is 0 Å². The van der Waals surface area contributed by atoms with Crippen molar-refractivity contribution < 1.29 is 23.8 Å². The Morgan fingerprint density at radius 1 is 0.550 bits per heavy atom. The lowest BCUT2D eigenvalue weighted by Gasteiger charge is -2.35. The molecule has 0 aromatic heterocycles. The van der Waals surface area contributed by atoms with Crippen LogP contribution in [0.15, 0.2) is 24.7 Å². The van der Waals surface area contributed by atoms with Crippen LogP contribution in [0.4, 0.5) is 0 Å². The quantitative estimate of drug-likeness (QED) is 0.303. The second-order valence-corrected chi connectivity index (χ2v) is 13.4. The van der Waals surface area contributed by atoms with Gasteiger partial charge in [0.25, 0.3) is 0 Å². The Balaban J connectivity index is 0.00000742. The molecule has 1 fully saturated rings. The van der Waals surface area contributed by atoms with Gasteiger partial charge >= 0.3 is 5.97 Å². The van der Waals surface area contributed by atoms with E-state index in [-0.39, 0.29) is 23.7 Å². The van der Waals surface area contributed by atoms with Gasteiger partial charge in [0, 0.05) is 52.4 Å². The molecule has 1 heterocycles. The summed E-state index contributed by atoms with van der Waals surface area (Å²) < 4.78 is 17.7. The normalized spacial score (nSPS) is 17.9. The summed E-state index contributed by atoms with van der Waals surface area (Å²) in [7, 11) is 0. The molecular weight excluding hydrogens is 508 g/mol. The van der Waals surface area contributed by atoms with E-state index >= 15 is 0 Å². The van der Waals surface area contributed by atoms with Gasteiger partial charge in [-0.3, -0.25) is 19.5 Å². The standard InChI is InChI=1S/C30H58N4O4.CH2O/c1-13-31-14-16-32(22-25(2)36-28(4,5)6)18-19-33(23-26(3)37-29(7,8)9)20-21-34(17-15-31)24-27(35)38-30(10,11)12;1-2/h2-3,13-24H2,1,4-12H3;1H2. The predicted octanol–water partition coefficient (Wildman–Crippen LogP) is 4.04. The predicted molar refractivity (Wildman–Crippen MR) is 164 cm³/mol. The van der Waals surface area contributed by atoms with Gasteiger partial charge in [0.15, 0.2) is 0 Å². The summed E-state index contributed by atoms with van der Waals surface area (Å²) in [4.78, 5) is 30.1. The number of ether oxygens (including phenoxy) is 3. The first-order chi connectivity index (χ1) is 18.3. The molecule has 0 aliphatic carbocycles.